The number of imidazole rings is 1. The molecule has 0 atom stereocenters. The minimum absolute atomic E-state index is 0.422. The SMILES string of the molecule is C=CCc1ccccc1OCc1nc2ccccc2n1Cc1c(C)c(C)cc(C)c1C. The van der Waals surface area contributed by atoms with Gasteiger partial charge in [0.15, 0.2) is 0 Å². The van der Waals surface area contributed by atoms with E-state index in [0.717, 1.165) is 41.1 Å². The van der Waals surface area contributed by atoms with Crippen LogP contribution in [0.4, 0.5) is 0 Å². The molecular formula is C28H30N2O. The predicted molar refractivity (Wildman–Crippen MR) is 129 cm³/mol. The first-order valence-electron chi connectivity index (χ1n) is 10.8. The van der Waals surface area contributed by atoms with Gasteiger partial charge in [-0.25, -0.2) is 4.98 Å². The summed E-state index contributed by atoms with van der Waals surface area (Å²) in [5, 5.41) is 0. The second kappa shape index (κ2) is 8.81. The molecule has 0 amide bonds. The van der Waals surface area contributed by atoms with Crippen LogP contribution in [0.15, 0.2) is 67.3 Å². The van der Waals surface area contributed by atoms with Crippen molar-refractivity contribution in [2.45, 2.75) is 47.3 Å². The molecule has 0 bridgehead atoms. The molecule has 3 aromatic carbocycles. The van der Waals surface area contributed by atoms with E-state index in [1.807, 2.05) is 30.3 Å². The van der Waals surface area contributed by atoms with Crippen molar-refractivity contribution in [3.63, 3.8) is 0 Å². The monoisotopic (exact) mass is 410 g/mol. The highest BCUT2D eigenvalue weighted by Crippen LogP contribution is 2.26. The van der Waals surface area contributed by atoms with Gasteiger partial charge in [0.1, 0.15) is 18.2 Å². The van der Waals surface area contributed by atoms with Crippen LogP contribution in [0.1, 0.15) is 39.2 Å². The number of aryl methyl sites for hydroxylation is 2. The Balaban J connectivity index is 1.74. The smallest absolute Gasteiger partial charge is 0.148 e. The van der Waals surface area contributed by atoms with E-state index in [0.29, 0.717) is 6.61 Å². The van der Waals surface area contributed by atoms with Gasteiger partial charge in [-0.3, -0.25) is 0 Å². The summed E-state index contributed by atoms with van der Waals surface area (Å²) in [4.78, 5) is 4.92. The Morgan fingerprint density at radius 3 is 2.35 bits per heavy atom. The minimum atomic E-state index is 0.422. The molecule has 1 aromatic heterocycles. The van der Waals surface area contributed by atoms with Gasteiger partial charge >= 0.3 is 0 Å². The molecule has 0 fully saturated rings. The molecule has 0 aliphatic heterocycles. The lowest BCUT2D eigenvalue weighted by Gasteiger charge is -2.18. The lowest BCUT2D eigenvalue weighted by Crippen LogP contribution is -2.11. The standard InChI is InChI=1S/C28H30N2O/c1-6-11-23-12-7-10-15-27(23)31-18-28-29-25-13-8-9-14-26(25)30(28)17-24-21(4)19(2)16-20(3)22(24)5/h6-10,12-16H,1,11,17-18H2,2-5H3. The van der Waals surface area contributed by atoms with E-state index >= 15 is 0 Å². The molecular weight excluding hydrogens is 380 g/mol. The summed E-state index contributed by atoms with van der Waals surface area (Å²) in [7, 11) is 0. The Morgan fingerprint density at radius 2 is 1.61 bits per heavy atom. The quantitative estimate of drug-likeness (QED) is 0.320. The van der Waals surface area contributed by atoms with E-state index in [4.69, 9.17) is 9.72 Å². The third-order valence-corrected chi connectivity index (χ3v) is 6.26. The Kier molecular flexibility index (Phi) is 5.94. The summed E-state index contributed by atoms with van der Waals surface area (Å²) >= 11 is 0. The zero-order chi connectivity index (χ0) is 22.0. The maximum atomic E-state index is 6.26. The fourth-order valence-corrected chi connectivity index (χ4v) is 4.22. The number of ether oxygens (including phenoxy) is 1. The molecule has 0 saturated heterocycles. The third kappa shape index (κ3) is 4.13. The van der Waals surface area contributed by atoms with Crippen molar-refractivity contribution >= 4 is 11.0 Å². The van der Waals surface area contributed by atoms with E-state index < -0.39 is 0 Å². The second-order valence-corrected chi connectivity index (χ2v) is 8.23. The van der Waals surface area contributed by atoms with Crippen molar-refractivity contribution in [1.82, 2.24) is 9.55 Å². The molecule has 0 unspecified atom stereocenters. The first-order chi connectivity index (χ1) is 15.0. The normalized spacial score (nSPS) is 11.1. The second-order valence-electron chi connectivity index (χ2n) is 8.23. The van der Waals surface area contributed by atoms with Gasteiger partial charge in [-0.2, -0.15) is 0 Å². The zero-order valence-corrected chi connectivity index (χ0v) is 18.9. The van der Waals surface area contributed by atoms with Gasteiger partial charge in [0, 0.05) is 0 Å². The first-order valence-corrected chi connectivity index (χ1v) is 10.8. The number of benzene rings is 3. The molecule has 31 heavy (non-hydrogen) atoms. The molecule has 3 nitrogen and oxygen atoms in total. The molecule has 0 aliphatic carbocycles. The van der Waals surface area contributed by atoms with Crippen molar-refractivity contribution in [1.29, 1.82) is 0 Å². The molecule has 4 aromatic rings. The lowest BCUT2D eigenvalue weighted by molar-refractivity contribution is 0.289. The van der Waals surface area contributed by atoms with Crippen LogP contribution in [0.25, 0.3) is 11.0 Å². The fraction of sp³-hybridized carbons (Fsp3) is 0.250. The maximum Gasteiger partial charge on any atom is 0.148 e. The molecule has 0 spiro atoms. The summed E-state index contributed by atoms with van der Waals surface area (Å²) in [5.74, 6) is 1.83. The Morgan fingerprint density at radius 1 is 0.935 bits per heavy atom. The molecule has 0 saturated carbocycles. The Labute approximate surface area is 185 Å². The predicted octanol–water partition coefficient (Wildman–Crippen LogP) is 6.63. The van der Waals surface area contributed by atoms with Crippen molar-refractivity contribution in [3.05, 3.63) is 106 Å². The summed E-state index contributed by atoms with van der Waals surface area (Å²) in [6, 6.07) is 18.8. The summed E-state index contributed by atoms with van der Waals surface area (Å²) in [6.07, 6.45) is 2.69. The number of allylic oxidation sites excluding steroid dienone is 1. The minimum Gasteiger partial charge on any atom is -0.485 e. The molecule has 3 heteroatoms. The number of aromatic nitrogens is 2. The largest absolute Gasteiger partial charge is 0.485 e. The molecule has 158 valence electrons. The van der Waals surface area contributed by atoms with Crippen LogP contribution in [0.5, 0.6) is 5.75 Å². The maximum absolute atomic E-state index is 6.26. The van der Waals surface area contributed by atoms with E-state index in [1.54, 1.807) is 0 Å². The van der Waals surface area contributed by atoms with Crippen molar-refractivity contribution < 1.29 is 4.74 Å². The summed E-state index contributed by atoms with van der Waals surface area (Å²) in [6.45, 7) is 13.9. The van der Waals surface area contributed by atoms with E-state index in [2.05, 4.69) is 69.2 Å². The molecule has 1 heterocycles. The number of nitrogens with zero attached hydrogens (tertiary/aromatic N) is 2. The molecule has 4 rings (SSSR count). The van der Waals surface area contributed by atoms with Crippen LogP contribution >= 0.6 is 0 Å². The number of hydrogen-bond acceptors (Lipinski definition) is 2. The van der Waals surface area contributed by atoms with E-state index in [9.17, 15) is 0 Å². The van der Waals surface area contributed by atoms with Crippen molar-refractivity contribution in [2.24, 2.45) is 0 Å². The summed E-state index contributed by atoms with van der Waals surface area (Å²) < 4.78 is 8.57. The number of para-hydroxylation sites is 3. The topological polar surface area (TPSA) is 27.1 Å². The van der Waals surface area contributed by atoms with Crippen molar-refractivity contribution in [2.75, 3.05) is 0 Å². The van der Waals surface area contributed by atoms with Crippen LogP contribution in [-0.2, 0) is 19.6 Å². The average Bonchev–Trinajstić information content (AvgIpc) is 3.12. The highest BCUT2D eigenvalue weighted by atomic mass is 16.5. The van der Waals surface area contributed by atoms with Gasteiger partial charge in [0.05, 0.1) is 17.6 Å². The van der Waals surface area contributed by atoms with Crippen LogP contribution in [0.2, 0.25) is 0 Å². The van der Waals surface area contributed by atoms with Gasteiger partial charge in [-0.05, 0) is 85.7 Å². The number of rotatable bonds is 7. The lowest BCUT2D eigenvalue weighted by atomic mass is 9.94. The van der Waals surface area contributed by atoms with E-state index in [1.165, 1.54) is 27.8 Å². The zero-order valence-electron chi connectivity index (χ0n) is 18.9. The Hall–Kier alpha value is -3.33. The highest BCUT2D eigenvalue weighted by Gasteiger charge is 2.16. The van der Waals surface area contributed by atoms with Crippen molar-refractivity contribution in [3.8, 4) is 5.75 Å². The molecule has 0 N–H and O–H groups in total. The van der Waals surface area contributed by atoms with Gasteiger partial charge in [0.2, 0.25) is 0 Å². The van der Waals surface area contributed by atoms with Gasteiger partial charge < -0.3 is 9.30 Å². The molecule has 0 radical (unpaired) electrons. The van der Waals surface area contributed by atoms with Gasteiger partial charge in [-0.15, -0.1) is 6.58 Å². The first kappa shape index (κ1) is 20.9. The molecule has 0 aliphatic rings. The van der Waals surface area contributed by atoms with Gasteiger partial charge in [0.25, 0.3) is 0 Å². The van der Waals surface area contributed by atoms with Gasteiger partial charge in [-0.1, -0.05) is 42.5 Å². The summed E-state index contributed by atoms with van der Waals surface area (Å²) in [5.41, 5.74) is 10.0. The fourth-order valence-electron chi connectivity index (χ4n) is 4.22. The number of fused-ring (bicyclic) bond motifs is 1. The van der Waals surface area contributed by atoms with Crippen LogP contribution < -0.4 is 4.74 Å². The van der Waals surface area contributed by atoms with Crippen LogP contribution in [0.3, 0.4) is 0 Å². The third-order valence-electron chi connectivity index (χ3n) is 6.26. The average molecular weight is 411 g/mol. The van der Waals surface area contributed by atoms with E-state index in [-0.39, 0.29) is 0 Å². The van der Waals surface area contributed by atoms with Crippen LogP contribution in [0, 0.1) is 27.7 Å². The number of hydrogen-bond donors (Lipinski definition) is 0. The highest BCUT2D eigenvalue weighted by molar-refractivity contribution is 5.76. The Bertz CT molecular complexity index is 1220. The van der Waals surface area contributed by atoms with Crippen LogP contribution in [-0.4, -0.2) is 9.55 Å².